The topological polar surface area (TPSA) is 88.9 Å². The number of aromatic nitrogens is 3. The van der Waals surface area contributed by atoms with Crippen LogP contribution in [0.5, 0.6) is 17.2 Å². The molecule has 5 rings (SSSR count). The molecule has 0 aliphatic carbocycles. The number of methoxy groups -OCH3 is 3. The number of hydrogen-bond donors (Lipinski definition) is 2. The Labute approximate surface area is 216 Å². The lowest BCUT2D eigenvalue weighted by Gasteiger charge is -2.34. The molecule has 2 N–H and O–H groups in total. The maximum absolute atomic E-state index is 5.57. The quantitative estimate of drug-likeness (QED) is 0.371. The summed E-state index contributed by atoms with van der Waals surface area (Å²) in [5, 5.41) is 6.61. The van der Waals surface area contributed by atoms with Crippen molar-refractivity contribution >= 4 is 34.2 Å². The number of likely N-dealkylation sites (N-methyl/N-ethyl adjacent to an activating group) is 1. The van der Waals surface area contributed by atoms with Crippen LogP contribution in [0.2, 0.25) is 0 Å². The second-order valence-electron chi connectivity index (χ2n) is 8.92. The van der Waals surface area contributed by atoms with Gasteiger partial charge in [-0.15, -0.1) is 0 Å². The van der Waals surface area contributed by atoms with Crippen molar-refractivity contribution in [3.63, 3.8) is 0 Å². The van der Waals surface area contributed by atoms with E-state index in [0.717, 1.165) is 54.4 Å². The molecule has 1 aliphatic heterocycles. The number of nitrogens with zero attached hydrogens (tertiary/aromatic N) is 5. The molecule has 0 saturated carbocycles. The normalized spacial score (nSPS) is 14.0. The molecule has 194 valence electrons. The number of anilines is 4. The van der Waals surface area contributed by atoms with Crippen LogP contribution >= 0.6 is 0 Å². The van der Waals surface area contributed by atoms with Crippen molar-refractivity contribution in [1.29, 1.82) is 0 Å². The number of piperazine rings is 1. The predicted octanol–water partition coefficient (Wildman–Crippen LogP) is 3.98. The van der Waals surface area contributed by atoms with Crippen molar-refractivity contribution in [2.75, 3.05) is 77.1 Å². The number of pyridine rings is 1. The van der Waals surface area contributed by atoms with Gasteiger partial charge in [0.1, 0.15) is 11.3 Å². The molecule has 2 aromatic heterocycles. The molecule has 1 saturated heterocycles. The van der Waals surface area contributed by atoms with Gasteiger partial charge in [-0.1, -0.05) is 0 Å². The molecule has 3 heterocycles. The van der Waals surface area contributed by atoms with Crippen LogP contribution in [-0.2, 0) is 0 Å². The molecule has 37 heavy (non-hydrogen) atoms. The fraction of sp³-hybridized carbons (Fsp3) is 0.333. The summed E-state index contributed by atoms with van der Waals surface area (Å²) in [6, 6.07) is 14.3. The first kappa shape index (κ1) is 24.5. The van der Waals surface area contributed by atoms with Crippen LogP contribution < -0.4 is 29.7 Å². The third-order valence-corrected chi connectivity index (χ3v) is 6.68. The van der Waals surface area contributed by atoms with E-state index in [0.29, 0.717) is 23.2 Å². The Morgan fingerprint density at radius 3 is 2.11 bits per heavy atom. The zero-order valence-electron chi connectivity index (χ0n) is 21.9. The first-order valence-corrected chi connectivity index (χ1v) is 12.2. The van der Waals surface area contributed by atoms with Crippen LogP contribution in [0.1, 0.15) is 0 Å². The highest BCUT2D eigenvalue weighted by Crippen LogP contribution is 2.41. The van der Waals surface area contributed by atoms with Gasteiger partial charge < -0.3 is 34.6 Å². The van der Waals surface area contributed by atoms with E-state index in [4.69, 9.17) is 19.2 Å². The standard InChI is InChI=1S/C27H33N7O3/c1-28-27-31-21-17-29-25(30-18-6-8-19(9-7-18)33-12-10-32(2)11-13-33)16-22(21)34(27)20-14-23(35-3)26(37-5)24(15-20)36-4/h6-9,14-17H,10-13H2,1-5H3,(H,28,31)(H,29,30). The molecular weight excluding hydrogens is 470 g/mol. The minimum atomic E-state index is 0.535. The molecule has 10 heteroatoms. The maximum atomic E-state index is 5.57. The molecule has 0 atom stereocenters. The Bertz CT molecular complexity index is 1350. The summed E-state index contributed by atoms with van der Waals surface area (Å²) in [7, 11) is 8.80. The monoisotopic (exact) mass is 503 g/mol. The van der Waals surface area contributed by atoms with Crippen LogP contribution in [0.3, 0.4) is 0 Å². The third kappa shape index (κ3) is 4.79. The highest BCUT2D eigenvalue weighted by atomic mass is 16.5. The van der Waals surface area contributed by atoms with E-state index in [1.165, 1.54) is 5.69 Å². The molecular formula is C27H33N7O3. The van der Waals surface area contributed by atoms with Crippen LogP contribution in [0.15, 0.2) is 48.7 Å². The zero-order chi connectivity index (χ0) is 25.9. The van der Waals surface area contributed by atoms with Gasteiger partial charge in [-0.3, -0.25) is 4.57 Å². The number of hydrogen-bond acceptors (Lipinski definition) is 9. The zero-order valence-corrected chi connectivity index (χ0v) is 21.9. The molecule has 1 fully saturated rings. The van der Waals surface area contributed by atoms with Crippen LogP contribution in [0.25, 0.3) is 16.7 Å². The molecule has 0 radical (unpaired) electrons. The Balaban J connectivity index is 1.47. The summed E-state index contributed by atoms with van der Waals surface area (Å²) in [4.78, 5) is 14.1. The van der Waals surface area contributed by atoms with Crippen molar-refractivity contribution in [2.24, 2.45) is 0 Å². The highest BCUT2D eigenvalue weighted by Gasteiger charge is 2.19. The van der Waals surface area contributed by atoms with E-state index in [1.54, 1.807) is 27.5 Å². The predicted molar refractivity (Wildman–Crippen MR) is 148 cm³/mol. The summed E-state index contributed by atoms with van der Waals surface area (Å²) < 4.78 is 18.6. The molecule has 10 nitrogen and oxygen atoms in total. The average Bonchev–Trinajstić information content (AvgIpc) is 3.31. The van der Waals surface area contributed by atoms with E-state index < -0.39 is 0 Å². The van der Waals surface area contributed by atoms with E-state index >= 15 is 0 Å². The van der Waals surface area contributed by atoms with Crippen molar-refractivity contribution in [1.82, 2.24) is 19.4 Å². The van der Waals surface area contributed by atoms with Gasteiger partial charge in [-0.2, -0.15) is 0 Å². The number of benzene rings is 2. The fourth-order valence-electron chi connectivity index (χ4n) is 4.64. The Kier molecular flexibility index (Phi) is 6.91. The second-order valence-corrected chi connectivity index (χ2v) is 8.92. The fourth-order valence-corrected chi connectivity index (χ4v) is 4.64. The van der Waals surface area contributed by atoms with Crippen molar-refractivity contribution in [3.05, 3.63) is 48.7 Å². The summed E-state index contributed by atoms with van der Waals surface area (Å²) in [5.74, 6) is 3.05. The number of fused-ring (bicyclic) bond motifs is 1. The lowest BCUT2D eigenvalue weighted by molar-refractivity contribution is 0.313. The summed E-state index contributed by atoms with van der Waals surface area (Å²) >= 11 is 0. The first-order chi connectivity index (χ1) is 18.0. The van der Waals surface area contributed by atoms with Gasteiger partial charge >= 0.3 is 0 Å². The van der Waals surface area contributed by atoms with Gasteiger partial charge in [0.15, 0.2) is 11.5 Å². The van der Waals surface area contributed by atoms with Gasteiger partial charge in [0.05, 0.1) is 38.7 Å². The lowest BCUT2D eigenvalue weighted by atomic mass is 10.2. The van der Waals surface area contributed by atoms with Crippen LogP contribution in [0.4, 0.5) is 23.1 Å². The summed E-state index contributed by atoms with van der Waals surface area (Å²) in [6.07, 6.45) is 1.77. The smallest absolute Gasteiger partial charge is 0.208 e. The Morgan fingerprint density at radius 2 is 1.51 bits per heavy atom. The molecule has 0 bridgehead atoms. The van der Waals surface area contributed by atoms with Gasteiger partial charge in [-0.25, -0.2) is 9.97 Å². The Morgan fingerprint density at radius 1 is 0.838 bits per heavy atom. The Hall–Kier alpha value is -4.18. The molecule has 1 aliphatic rings. The number of imidazole rings is 1. The molecule has 0 amide bonds. The molecule has 0 unspecified atom stereocenters. The van der Waals surface area contributed by atoms with Crippen molar-refractivity contribution in [3.8, 4) is 22.9 Å². The van der Waals surface area contributed by atoms with Gasteiger partial charge in [0, 0.05) is 62.8 Å². The highest BCUT2D eigenvalue weighted by molar-refractivity contribution is 5.84. The largest absolute Gasteiger partial charge is 0.493 e. The van der Waals surface area contributed by atoms with Gasteiger partial charge in [-0.05, 0) is 31.3 Å². The minimum Gasteiger partial charge on any atom is -0.493 e. The molecule has 4 aromatic rings. The summed E-state index contributed by atoms with van der Waals surface area (Å²) in [6.45, 7) is 4.25. The van der Waals surface area contributed by atoms with E-state index in [-0.39, 0.29) is 0 Å². The SMILES string of the molecule is CNc1nc2cnc(Nc3ccc(N4CCN(C)CC4)cc3)cc2n1-c1cc(OC)c(OC)c(OC)c1. The number of ether oxygens (including phenoxy) is 3. The number of nitrogens with one attached hydrogen (secondary N) is 2. The summed E-state index contributed by atoms with van der Waals surface area (Å²) in [5.41, 5.74) is 4.66. The maximum Gasteiger partial charge on any atom is 0.208 e. The van der Waals surface area contributed by atoms with Crippen LogP contribution in [-0.4, -0.2) is 81.0 Å². The van der Waals surface area contributed by atoms with Gasteiger partial charge in [0.25, 0.3) is 0 Å². The lowest BCUT2D eigenvalue weighted by Crippen LogP contribution is -2.44. The van der Waals surface area contributed by atoms with Gasteiger partial charge in [0.2, 0.25) is 11.7 Å². The number of rotatable bonds is 8. The van der Waals surface area contributed by atoms with E-state index in [2.05, 4.69) is 56.7 Å². The minimum absolute atomic E-state index is 0.535. The average molecular weight is 504 g/mol. The van der Waals surface area contributed by atoms with Crippen LogP contribution in [0, 0.1) is 0 Å². The molecule has 0 spiro atoms. The van der Waals surface area contributed by atoms with E-state index in [1.807, 2.05) is 29.8 Å². The first-order valence-electron chi connectivity index (χ1n) is 12.2. The second kappa shape index (κ2) is 10.4. The van der Waals surface area contributed by atoms with Crippen molar-refractivity contribution < 1.29 is 14.2 Å². The van der Waals surface area contributed by atoms with Crippen molar-refractivity contribution in [2.45, 2.75) is 0 Å². The van der Waals surface area contributed by atoms with E-state index in [9.17, 15) is 0 Å². The third-order valence-electron chi connectivity index (χ3n) is 6.68. The molecule has 2 aromatic carbocycles.